The van der Waals surface area contributed by atoms with Gasteiger partial charge in [0.15, 0.2) is 5.82 Å². The van der Waals surface area contributed by atoms with Crippen LogP contribution in [0.1, 0.15) is 47.9 Å². The summed E-state index contributed by atoms with van der Waals surface area (Å²) in [6, 6.07) is 5.10. The zero-order valence-corrected chi connectivity index (χ0v) is 14.2. The molecule has 3 aromatic rings. The van der Waals surface area contributed by atoms with Gasteiger partial charge in [0.05, 0.1) is 17.1 Å². The minimum atomic E-state index is -0.197. The van der Waals surface area contributed by atoms with E-state index in [1.54, 1.807) is 30.1 Å². The van der Waals surface area contributed by atoms with Crippen LogP contribution in [0.3, 0.4) is 0 Å². The summed E-state index contributed by atoms with van der Waals surface area (Å²) in [5, 5.41) is 4.03. The molecule has 4 rings (SSSR count). The zero-order chi connectivity index (χ0) is 17.6. The van der Waals surface area contributed by atoms with Crippen LogP contribution in [-0.4, -0.2) is 37.0 Å². The lowest BCUT2D eigenvalue weighted by Crippen LogP contribution is -2.31. The van der Waals surface area contributed by atoms with Crippen LogP contribution in [0.25, 0.3) is 11.0 Å². The summed E-state index contributed by atoms with van der Waals surface area (Å²) in [5.41, 5.74) is 1.77. The Kier molecular flexibility index (Phi) is 3.67. The first-order valence-corrected chi connectivity index (χ1v) is 8.40. The number of aromatic nitrogens is 4. The standard InChI is InChI=1S/C17H19N5O3/c1-3-14-19-15(20-25-14)13-5-4-8-22(13)16(23)10-6-7-12-11(9-10)18-17(24)21(12)2/h6-7,9,13H,3-5,8H2,1-2H3,(H,18,24)/t13-/m0/s1. The van der Waals surface area contributed by atoms with Crippen molar-refractivity contribution in [2.75, 3.05) is 6.54 Å². The maximum atomic E-state index is 13.0. The Morgan fingerprint density at radius 1 is 1.44 bits per heavy atom. The van der Waals surface area contributed by atoms with Crippen molar-refractivity contribution < 1.29 is 9.32 Å². The SMILES string of the molecule is CCc1nc([C@@H]2CCCN2C(=O)c2ccc3c(c2)[nH]c(=O)n3C)no1. The predicted octanol–water partition coefficient (Wildman–Crippen LogP) is 1.79. The second-order valence-corrected chi connectivity index (χ2v) is 6.28. The normalized spacial score (nSPS) is 17.5. The van der Waals surface area contributed by atoms with Crippen LogP contribution in [0.4, 0.5) is 0 Å². The van der Waals surface area contributed by atoms with Crippen LogP contribution < -0.4 is 5.69 Å². The number of aryl methyl sites for hydroxylation is 2. The quantitative estimate of drug-likeness (QED) is 0.783. The average molecular weight is 341 g/mol. The molecule has 3 heterocycles. The second kappa shape index (κ2) is 5.87. The lowest BCUT2D eigenvalue weighted by molar-refractivity contribution is 0.0728. The Morgan fingerprint density at radius 2 is 2.28 bits per heavy atom. The van der Waals surface area contributed by atoms with Crippen LogP contribution >= 0.6 is 0 Å². The first kappa shape index (κ1) is 15.6. The second-order valence-electron chi connectivity index (χ2n) is 6.28. The van der Waals surface area contributed by atoms with Crippen LogP contribution in [0.2, 0.25) is 0 Å². The maximum Gasteiger partial charge on any atom is 0.326 e. The van der Waals surface area contributed by atoms with Gasteiger partial charge in [-0.15, -0.1) is 0 Å². The highest BCUT2D eigenvalue weighted by Crippen LogP contribution is 2.31. The molecule has 0 bridgehead atoms. The fraction of sp³-hybridized carbons (Fsp3) is 0.412. The van der Waals surface area contributed by atoms with Gasteiger partial charge in [-0.3, -0.25) is 9.36 Å². The molecule has 1 aromatic carbocycles. The van der Waals surface area contributed by atoms with Crippen LogP contribution in [0.5, 0.6) is 0 Å². The number of hydrogen-bond donors (Lipinski definition) is 1. The third-order valence-corrected chi connectivity index (χ3v) is 4.75. The van der Waals surface area contributed by atoms with Gasteiger partial charge in [-0.2, -0.15) is 4.98 Å². The molecule has 130 valence electrons. The van der Waals surface area contributed by atoms with Crippen molar-refractivity contribution >= 4 is 16.9 Å². The number of amides is 1. The molecule has 1 N–H and O–H groups in total. The summed E-state index contributed by atoms with van der Waals surface area (Å²) in [4.78, 5) is 33.6. The van der Waals surface area contributed by atoms with Crippen molar-refractivity contribution in [3.63, 3.8) is 0 Å². The molecule has 1 amide bonds. The molecule has 0 unspecified atom stereocenters. The van der Waals surface area contributed by atoms with Crippen molar-refractivity contribution in [1.82, 2.24) is 24.6 Å². The van der Waals surface area contributed by atoms with E-state index < -0.39 is 0 Å². The number of nitrogens with zero attached hydrogens (tertiary/aromatic N) is 4. The summed E-state index contributed by atoms with van der Waals surface area (Å²) in [6.45, 7) is 2.60. The van der Waals surface area contributed by atoms with E-state index in [2.05, 4.69) is 15.1 Å². The number of H-pyrrole nitrogens is 1. The third-order valence-electron chi connectivity index (χ3n) is 4.75. The fourth-order valence-corrected chi connectivity index (χ4v) is 3.36. The molecular weight excluding hydrogens is 322 g/mol. The lowest BCUT2D eigenvalue weighted by Gasteiger charge is -2.22. The van der Waals surface area contributed by atoms with E-state index in [0.29, 0.717) is 35.8 Å². The van der Waals surface area contributed by atoms with E-state index >= 15 is 0 Å². The van der Waals surface area contributed by atoms with Gasteiger partial charge in [-0.1, -0.05) is 12.1 Å². The van der Waals surface area contributed by atoms with Crippen LogP contribution in [0, 0.1) is 0 Å². The third kappa shape index (κ3) is 2.54. The molecule has 25 heavy (non-hydrogen) atoms. The average Bonchev–Trinajstić information content (AvgIpc) is 3.33. The number of fused-ring (bicyclic) bond motifs is 1. The minimum Gasteiger partial charge on any atom is -0.339 e. The first-order chi connectivity index (χ1) is 12.1. The number of nitrogens with one attached hydrogen (secondary N) is 1. The number of benzene rings is 1. The molecule has 1 aliphatic heterocycles. The van der Waals surface area contributed by atoms with Gasteiger partial charge >= 0.3 is 5.69 Å². The highest BCUT2D eigenvalue weighted by atomic mass is 16.5. The number of aromatic amines is 1. The monoisotopic (exact) mass is 341 g/mol. The highest BCUT2D eigenvalue weighted by Gasteiger charge is 2.34. The molecule has 1 aliphatic rings. The molecule has 2 aromatic heterocycles. The van der Waals surface area contributed by atoms with Gasteiger partial charge in [0.25, 0.3) is 5.91 Å². The number of imidazole rings is 1. The number of carbonyl (C=O) groups is 1. The van der Waals surface area contributed by atoms with Crippen LogP contribution in [0.15, 0.2) is 27.5 Å². The number of carbonyl (C=O) groups excluding carboxylic acids is 1. The summed E-state index contributed by atoms with van der Waals surface area (Å²) >= 11 is 0. The van der Waals surface area contributed by atoms with Gasteiger partial charge in [-0.05, 0) is 31.0 Å². The number of rotatable bonds is 3. The summed E-state index contributed by atoms with van der Waals surface area (Å²) in [5.74, 6) is 1.06. The molecular formula is C17H19N5O3. The Morgan fingerprint density at radius 3 is 3.04 bits per heavy atom. The fourth-order valence-electron chi connectivity index (χ4n) is 3.36. The van der Waals surface area contributed by atoms with Gasteiger partial charge in [-0.25, -0.2) is 4.79 Å². The molecule has 0 saturated carbocycles. The van der Waals surface area contributed by atoms with Gasteiger partial charge in [0.2, 0.25) is 5.89 Å². The lowest BCUT2D eigenvalue weighted by atomic mass is 10.1. The minimum absolute atomic E-state index is 0.0862. The number of hydrogen-bond acceptors (Lipinski definition) is 5. The van der Waals surface area contributed by atoms with E-state index in [9.17, 15) is 9.59 Å². The van der Waals surface area contributed by atoms with Gasteiger partial charge in [0.1, 0.15) is 0 Å². The smallest absolute Gasteiger partial charge is 0.326 e. The highest BCUT2D eigenvalue weighted by molar-refractivity contribution is 5.97. The molecule has 8 nitrogen and oxygen atoms in total. The van der Waals surface area contributed by atoms with Crippen molar-refractivity contribution in [1.29, 1.82) is 0 Å². The summed E-state index contributed by atoms with van der Waals surface area (Å²) in [7, 11) is 1.70. The largest absolute Gasteiger partial charge is 0.339 e. The van der Waals surface area contributed by atoms with Crippen molar-refractivity contribution in [2.45, 2.75) is 32.2 Å². The molecule has 0 aliphatic carbocycles. The Bertz CT molecular complexity index is 999. The first-order valence-electron chi connectivity index (χ1n) is 8.40. The Hall–Kier alpha value is -2.90. The van der Waals surface area contributed by atoms with Gasteiger partial charge < -0.3 is 14.4 Å². The van der Waals surface area contributed by atoms with E-state index in [1.165, 1.54) is 4.57 Å². The van der Waals surface area contributed by atoms with Crippen molar-refractivity contribution in [3.8, 4) is 0 Å². The Labute approximate surface area is 143 Å². The molecule has 1 saturated heterocycles. The predicted molar refractivity (Wildman–Crippen MR) is 90.2 cm³/mol. The van der Waals surface area contributed by atoms with Crippen molar-refractivity contribution in [3.05, 3.63) is 46.0 Å². The molecule has 8 heteroatoms. The summed E-state index contributed by atoms with van der Waals surface area (Å²) in [6.07, 6.45) is 2.39. The molecule has 1 fully saturated rings. The van der Waals surface area contributed by atoms with E-state index in [-0.39, 0.29) is 17.6 Å². The van der Waals surface area contributed by atoms with E-state index in [1.807, 2.05) is 6.92 Å². The maximum absolute atomic E-state index is 13.0. The van der Waals surface area contributed by atoms with Crippen LogP contribution in [-0.2, 0) is 13.5 Å². The topological polar surface area (TPSA) is 97.0 Å². The van der Waals surface area contributed by atoms with Gasteiger partial charge in [0, 0.05) is 25.6 Å². The molecule has 0 radical (unpaired) electrons. The van der Waals surface area contributed by atoms with E-state index in [4.69, 9.17) is 4.52 Å². The molecule has 1 atom stereocenters. The van der Waals surface area contributed by atoms with E-state index in [0.717, 1.165) is 18.4 Å². The Balaban J connectivity index is 1.66. The van der Waals surface area contributed by atoms with Crippen molar-refractivity contribution in [2.24, 2.45) is 7.05 Å². The molecule has 0 spiro atoms. The zero-order valence-electron chi connectivity index (χ0n) is 14.2. The number of likely N-dealkylation sites (tertiary alicyclic amines) is 1. The summed E-state index contributed by atoms with van der Waals surface area (Å²) < 4.78 is 6.71.